The van der Waals surface area contributed by atoms with E-state index >= 15 is 0 Å². The van der Waals surface area contributed by atoms with Gasteiger partial charge in [-0.05, 0) is 0 Å². The summed E-state index contributed by atoms with van der Waals surface area (Å²) in [4.78, 5) is 5.17. The van der Waals surface area contributed by atoms with Crippen LogP contribution in [0.2, 0.25) is 0 Å². The molecule has 1 rings (SSSR count). The van der Waals surface area contributed by atoms with Gasteiger partial charge in [0.05, 0.1) is 0 Å². The molecule has 0 aromatic carbocycles. The Kier molecular flexibility index (Phi) is 1.94. The number of hydrogen-bond donors (Lipinski definition) is 1. The first-order chi connectivity index (χ1) is 4.34. The minimum atomic E-state index is 0.00405. The SMILES string of the molecule is Cc1[nH]ccc1[Se]C#N. The zero-order valence-electron chi connectivity index (χ0n) is 5.01. The van der Waals surface area contributed by atoms with Crippen LogP contribution >= 0.6 is 0 Å². The van der Waals surface area contributed by atoms with Crippen molar-refractivity contribution in [1.82, 2.24) is 4.98 Å². The van der Waals surface area contributed by atoms with Crippen LogP contribution < -0.4 is 4.46 Å². The minimum absolute atomic E-state index is 0.00405. The second-order valence-electron chi connectivity index (χ2n) is 1.66. The summed E-state index contributed by atoms with van der Waals surface area (Å²) in [7, 11) is 0. The molecular weight excluding hydrogens is 179 g/mol. The van der Waals surface area contributed by atoms with Gasteiger partial charge in [-0.3, -0.25) is 0 Å². The Hall–Kier alpha value is -0.711. The number of H-pyrrole nitrogens is 1. The molecule has 0 saturated carbocycles. The molecule has 1 heterocycles. The molecule has 9 heavy (non-hydrogen) atoms. The van der Waals surface area contributed by atoms with E-state index < -0.39 is 0 Å². The molecule has 0 saturated heterocycles. The standard InChI is InChI=1S/C6H6N2Se/c1-5-6(9-4-7)2-3-8-5/h2-3,8H,1H3. The average molecular weight is 185 g/mol. The maximum atomic E-state index is 8.33. The van der Waals surface area contributed by atoms with Gasteiger partial charge in [0.2, 0.25) is 0 Å². The maximum absolute atomic E-state index is 8.33. The first-order valence-electron chi connectivity index (χ1n) is 2.54. The Morgan fingerprint density at radius 3 is 3.00 bits per heavy atom. The van der Waals surface area contributed by atoms with Gasteiger partial charge >= 0.3 is 59.5 Å². The molecule has 0 radical (unpaired) electrons. The van der Waals surface area contributed by atoms with Crippen LogP contribution in [0, 0.1) is 17.2 Å². The number of nitriles is 1. The second-order valence-corrected chi connectivity index (χ2v) is 3.39. The van der Waals surface area contributed by atoms with Crippen molar-refractivity contribution in [2.45, 2.75) is 6.92 Å². The first-order valence-corrected chi connectivity index (χ1v) is 4.26. The Bertz CT molecular complexity index is 233. The summed E-state index contributed by atoms with van der Waals surface area (Å²) in [5.41, 5.74) is 1.12. The second kappa shape index (κ2) is 2.72. The van der Waals surface area contributed by atoms with E-state index in [1.807, 2.05) is 19.2 Å². The van der Waals surface area contributed by atoms with E-state index in [4.69, 9.17) is 5.26 Å². The number of aromatic amines is 1. The van der Waals surface area contributed by atoms with E-state index in [1.165, 1.54) is 0 Å². The van der Waals surface area contributed by atoms with Gasteiger partial charge in [0.1, 0.15) is 0 Å². The third kappa shape index (κ3) is 1.35. The molecule has 0 unspecified atom stereocenters. The van der Waals surface area contributed by atoms with E-state index in [0.29, 0.717) is 0 Å². The number of aromatic nitrogens is 1. The average Bonchev–Trinajstić information content (AvgIpc) is 2.18. The van der Waals surface area contributed by atoms with Crippen molar-refractivity contribution in [3.63, 3.8) is 0 Å². The molecule has 0 atom stereocenters. The number of nitrogens with zero attached hydrogens (tertiary/aromatic N) is 1. The molecule has 1 aromatic heterocycles. The van der Waals surface area contributed by atoms with Gasteiger partial charge in [0.25, 0.3) is 0 Å². The fourth-order valence-electron chi connectivity index (χ4n) is 0.598. The Morgan fingerprint density at radius 2 is 2.56 bits per heavy atom. The van der Waals surface area contributed by atoms with Gasteiger partial charge in [-0.2, -0.15) is 0 Å². The van der Waals surface area contributed by atoms with Crippen LogP contribution in [-0.4, -0.2) is 19.9 Å². The zero-order valence-corrected chi connectivity index (χ0v) is 6.72. The molecule has 1 N–H and O–H groups in total. The summed E-state index contributed by atoms with van der Waals surface area (Å²) < 4.78 is 1.16. The summed E-state index contributed by atoms with van der Waals surface area (Å²) in [6.07, 6.45) is 1.86. The van der Waals surface area contributed by atoms with Crippen molar-refractivity contribution in [3.8, 4) is 4.97 Å². The summed E-state index contributed by atoms with van der Waals surface area (Å²) in [5, 5.41) is 8.33. The quantitative estimate of drug-likeness (QED) is 0.621. The molecule has 0 aliphatic heterocycles. The van der Waals surface area contributed by atoms with Gasteiger partial charge in [-0.25, -0.2) is 0 Å². The van der Waals surface area contributed by atoms with Gasteiger partial charge in [0.15, 0.2) is 0 Å². The molecule has 0 bridgehead atoms. The summed E-state index contributed by atoms with van der Waals surface area (Å²) >= 11 is 0.00405. The monoisotopic (exact) mass is 186 g/mol. The Labute approximate surface area is 60.0 Å². The normalized spacial score (nSPS) is 8.89. The third-order valence-electron chi connectivity index (χ3n) is 1.06. The number of rotatable bonds is 1. The molecule has 0 amide bonds. The molecule has 3 heteroatoms. The van der Waals surface area contributed by atoms with Crippen LogP contribution in [0.4, 0.5) is 0 Å². The topological polar surface area (TPSA) is 39.6 Å². The van der Waals surface area contributed by atoms with E-state index in [9.17, 15) is 0 Å². The molecule has 2 nitrogen and oxygen atoms in total. The van der Waals surface area contributed by atoms with E-state index in [0.717, 1.165) is 10.2 Å². The van der Waals surface area contributed by atoms with E-state index in [1.54, 1.807) is 0 Å². The van der Waals surface area contributed by atoms with Gasteiger partial charge < -0.3 is 0 Å². The van der Waals surface area contributed by atoms with Crippen LogP contribution in [0.5, 0.6) is 0 Å². The van der Waals surface area contributed by atoms with Gasteiger partial charge in [-0.1, -0.05) is 0 Å². The van der Waals surface area contributed by atoms with Crippen LogP contribution in [0.25, 0.3) is 0 Å². The molecule has 1 aromatic rings. The van der Waals surface area contributed by atoms with Crippen molar-refractivity contribution in [2.75, 3.05) is 0 Å². The van der Waals surface area contributed by atoms with Crippen molar-refractivity contribution >= 4 is 19.4 Å². The first kappa shape index (κ1) is 6.41. The molecule has 0 spiro atoms. The van der Waals surface area contributed by atoms with Crippen LogP contribution in [-0.2, 0) is 0 Å². The fraction of sp³-hybridized carbons (Fsp3) is 0.167. The number of aryl methyl sites for hydroxylation is 1. The summed E-state index contributed by atoms with van der Waals surface area (Å²) in [6, 6.07) is 1.96. The van der Waals surface area contributed by atoms with Crippen molar-refractivity contribution < 1.29 is 0 Å². The van der Waals surface area contributed by atoms with Crippen molar-refractivity contribution in [1.29, 1.82) is 5.26 Å². The van der Waals surface area contributed by atoms with Crippen LogP contribution in [0.3, 0.4) is 0 Å². The Morgan fingerprint density at radius 1 is 1.78 bits per heavy atom. The zero-order chi connectivity index (χ0) is 6.69. The number of nitrogens with one attached hydrogen (secondary N) is 1. The molecule has 46 valence electrons. The fourth-order valence-corrected chi connectivity index (χ4v) is 1.53. The van der Waals surface area contributed by atoms with Gasteiger partial charge in [0, 0.05) is 0 Å². The summed E-state index contributed by atoms with van der Waals surface area (Å²) in [6.45, 7) is 1.98. The van der Waals surface area contributed by atoms with Crippen LogP contribution in [0.15, 0.2) is 12.3 Å². The predicted octanol–water partition coefficient (Wildman–Crippen LogP) is 0.134. The van der Waals surface area contributed by atoms with Crippen molar-refractivity contribution in [2.24, 2.45) is 0 Å². The number of hydrogen-bond acceptors (Lipinski definition) is 1. The molecule has 0 aliphatic rings. The van der Waals surface area contributed by atoms with Crippen molar-refractivity contribution in [3.05, 3.63) is 18.0 Å². The molecule has 0 aliphatic carbocycles. The van der Waals surface area contributed by atoms with E-state index in [2.05, 4.69) is 9.95 Å². The molecular formula is C6H6N2Se. The van der Waals surface area contributed by atoms with Gasteiger partial charge in [-0.15, -0.1) is 0 Å². The van der Waals surface area contributed by atoms with E-state index in [-0.39, 0.29) is 15.0 Å². The van der Waals surface area contributed by atoms with Crippen LogP contribution in [0.1, 0.15) is 5.69 Å². The predicted molar refractivity (Wildman–Crippen MR) is 36.5 cm³/mol. The summed E-state index contributed by atoms with van der Waals surface area (Å²) in [5.74, 6) is 0. The Balaban J connectivity index is 2.84. The molecule has 0 fully saturated rings. The third-order valence-corrected chi connectivity index (χ3v) is 2.64.